The van der Waals surface area contributed by atoms with E-state index in [1.54, 1.807) is 12.0 Å². The SMILES string of the molecule is COCCCOCCN1CCN(c2ccc(N)cc2)C1=O. The molecule has 1 aliphatic heterocycles. The van der Waals surface area contributed by atoms with Crippen LogP contribution in [0.1, 0.15) is 6.42 Å². The van der Waals surface area contributed by atoms with Crippen LogP contribution in [0, 0.1) is 0 Å². The van der Waals surface area contributed by atoms with Gasteiger partial charge in [-0.05, 0) is 30.7 Å². The molecular formula is C15H23N3O3. The highest BCUT2D eigenvalue weighted by atomic mass is 16.5. The summed E-state index contributed by atoms with van der Waals surface area (Å²) in [7, 11) is 1.68. The van der Waals surface area contributed by atoms with Crippen molar-refractivity contribution in [2.75, 3.05) is 57.2 Å². The van der Waals surface area contributed by atoms with Gasteiger partial charge < -0.3 is 20.1 Å². The van der Waals surface area contributed by atoms with Crippen molar-refractivity contribution in [2.24, 2.45) is 0 Å². The number of carbonyl (C=O) groups excluding carboxylic acids is 1. The van der Waals surface area contributed by atoms with Gasteiger partial charge in [-0.2, -0.15) is 0 Å². The predicted octanol–water partition coefficient (Wildman–Crippen LogP) is 1.56. The van der Waals surface area contributed by atoms with Gasteiger partial charge in [-0.25, -0.2) is 4.79 Å². The second-order valence-corrected chi connectivity index (χ2v) is 4.97. The van der Waals surface area contributed by atoms with E-state index in [4.69, 9.17) is 15.2 Å². The topological polar surface area (TPSA) is 68.0 Å². The quantitative estimate of drug-likeness (QED) is 0.583. The van der Waals surface area contributed by atoms with Crippen LogP contribution in [0.4, 0.5) is 16.2 Å². The van der Waals surface area contributed by atoms with Gasteiger partial charge in [0, 0.05) is 51.3 Å². The van der Waals surface area contributed by atoms with Crippen molar-refractivity contribution < 1.29 is 14.3 Å². The number of urea groups is 1. The van der Waals surface area contributed by atoms with Crippen LogP contribution >= 0.6 is 0 Å². The number of methoxy groups -OCH3 is 1. The molecule has 1 saturated heterocycles. The Kier molecular flexibility index (Phi) is 5.83. The van der Waals surface area contributed by atoms with Gasteiger partial charge >= 0.3 is 6.03 Å². The molecule has 2 N–H and O–H groups in total. The van der Waals surface area contributed by atoms with Gasteiger partial charge in [0.25, 0.3) is 0 Å². The minimum absolute atomic E-state index is 0.0280. The molecule has 0 bridgehead atoms. The maximum Gasteiger partial charge on any atom is 0.324 e. The summed E-state index contributed by atoms with van der Waals surface area (Å²) < 4.78 is 10.4. The number of rotatable bonds is 8. The second-order valence-electron chi connectivity index (χ2n) is 4.97. The largest absolute Gasteiger partial charge is 0.399 e. The van der Waals surface area contributed by atoms with Gasteiger partial charge in [0.2, 0.25) is 0 Å². The van der Waals surface area contributed by atoms with Crippen molar-refractivity contribution in [1.29, 1.82) is 0 Å². The van der Waals surface area contributed by atoms with Crippen LogP contribution < -0.4 is 10.6 Å². The van der Waals surface area contributed by atoms with Crippen molar-refractivity contribution in [3.63, 3.8) is 0 Å². The van der Waals surface area contributed by atoms with E-state index in [0.29, 0.717) is 38.6 Å². The molecule has 116 valence electrons. The molecule has 0 saturated carbocycles. The molecule has 1 aliphatic rings. The fraction of sp³-hybridized carbons (Fsp3) is 0.533. The average Bonchev–Trinajstić information content (AvgIpc) is 2.85. The molecule has 6 heteroatoms. The molecule has 0 spiro atoms. The van der Waals surface area contributed by atoms with E-state index in [1.807, 2.05) is 29.2 Å². The Hall–Kier alpha value is -1.79. The van der Waals surface area contributed by atoms with Gasteiger partial charge in [-0.15, -0.1) is 0 Å². The Morgan fingerprint density at radius 1 is 1.14 bits per heavy atom. The number of hydrogen-bond acceptors (Lipinski definition) is 4. The van der Waals surface area contributed by atoms with Crippen LogP contribution in [0.5, 0.6) is 0 Å². The summed E-state index contributed by atoms with van der Waals surface area (Å²) in [6.07, 6.45) is 0.877. The third-order valence-corrected chi connectivity index (χ3v) is 3.44. The van der Waals surface area contributed by atoms with E-state index in [2.05, 4.69) is 0 Å². The van der Waals surface area contributed by atoms with Gasteiger partial charge in [0.15, 0.2) is 0 Å². The molecule has 0 radical (unpaired) electrons. The van der Waals surface area contributed by atoms with Crippen molar-refractivity contribution in [3.8, 4) is 0 Å². The van der Waals surface area contributed by atoms with Gasteiger partial charge in [0.05, 0.1) is 6.61 Å². The lowest BCUT2D eigenvalue weighted by Gasteiger charge is -2.18. The second kappa shape index (κ2) is 7.85. The fourth-order valence-electron chi connectivity index (χ4n) is 2.27. The Morgan fingerprint density at radius 3 is 2.62 bits per heavy atom. The first kappa shape index (κ1) is 15.6. The first-order valence-corrected chi connectivity index (χ1v) is 7.21. The first-order valence-electron chi connectivity index (χ1n) is 7.21. The molecule has 6 nitrogen and oxygen atoms in total. The standard InChI is InChI=1S/C15H23N3O3/c1-20-10-2-11-21-12-9-17-7-8-18(15(17)19)14-5-3-13(16)4-6-14/h3-6H,2,7-12,16H2,1H3. The number of nitrogens with two attached hydrogens (primary N) is 1. The van der Waals surface area contributed by atoms with Crippen molar-refractivity contribution in [1.82, 2.24) is 4.90 Å². The molecule has 21 heavy (non-hydrogen) atoms. The van der Waals surface area contributed by atoms with Crippen molar-refractivity contribution in [2.45, 2.75) is 6.42 Å². The van der Waals surface area contributed by atoms with Crippen LogP contribution in [-0.2, 0) is 9.47 Å². The summed E-state index contributed by atoms with van der Waals surface area (Å²) in [4.78, 5) is 15.9. The Morgan fingerprint density at radius 2 is 1.90 bits per heavy atom. The number of ether oxygens (including phenoxy) is 2. The van der Waals surface area contributed by atoms with Crippen LogP contribution in [0.25, 0.3) is 0 Å². The van der Waals surface area contributed by atoms with E-state index < -0.39 is 0 Å². The van der Waals surface area contributed by atoms with E-state index in [1.165, 1.54) is 0 Å². The maximum atomic E-state index is 12.3. The zero-order chi connectivity index (χ0) is 15.1. The molecule has 2 amide bonds. The predicted molar refractivity (Wildman–Crippen MR) is 82.5 cm³/mol. The molecule has 0 aromatic heterocycles. The van der Waals surface area contributed by atoms with Crippen molar-refractivity contribution in [3.05, 3.63) is 24.3 Å². The number of amides is 2. The molecule has 1 heterocycles. The zero-order valence-corrected chi connectivity index (χ0v) is 12.5. The number of benzene rings is 1. The lowest BCUT2D eigenvalue weighted by atomic mass is 10.2. The van der Waals surface area contributed by atoms with Crippen molar-refractivity contribution >= 4 is 17.4 Å². The number of nitrogens with zero attached hydrogens (tertiary/aromatic N) is 2. The molecular weight excluding hydrogens is 270 g/mol. The summed E-state index contributed by atoms with van der Waals surface area (Å²) in [5, 5.41) is 0. The number of carbonyl (C=O) groups is 1. The zero-order valence-electron chi connectivity index (χ0n) is 12.5. The third-order valence-electron chi connectivity index (χ3n) is 3.44. The van der Waals surface area contributed by atoms with Gasteiger partial charge in [0.1, 0.15) is 0 Å². The monoisotopic (exact) mass is 293 g/mol. The number of hydrogen-bond donors (Lipinski definition) is 1. The molecule has 1 fully saturated rings. The minimum atomic E-state index is 0.0280. The molecule has 1 aromatic rings. The van der Waals surface area contributed by atoms with E-state index in [-0.39, 0.29) is 6.03 Å². The highest BCUT2D eigenvalue weighted by Crippen LogP contribution is 2.21. The Balaban J connectivity index is 1.75. The highest BCUT2D eigenvalue weighted by molar-refractivity contribution is 5.94. The van der Waals surface area contributed by atoms with Gasteiger partial charge in [-0.3, -0.25) is 4.90 Å². The Bertz CT molecular complexity index is 450. The molecule has 0 atom stereocenters. The molecule has 0 unspecified atom stereocenters. The maximum absolute atomic E-state index is 12.3. The Labute approximate surface area is 125 Å². The molecule has 0 aliphatic carbocycles. The van der Waals surface area contributed by atoms with E-state index in [0.717, 1.165) is 18.7 Å². The first-order chi connectivity index (χ1) is 10.2. The van der Waals surface area contributed by atoms with Crippen LogP contribution in [0.2, 0.25) is 0 Å². The fourth-order valence-corrected chi connectivity index (χ4v) is 2.27. The van der Waals surface area contributed by atoms with Crippen LogP contribution in [-0.4, -0.2) is 57.5 Å². The highest BCUT2D eigenvalue weighted by Gasteiger charge is 2.28. The third kappa shape index (κ3) is 4.34. The smallest absolute Gasteiger partial charge is 0.324 e. The molecule has 1 aromatic carbocycles. The minimum Gasteiger partial charge on any atom is -0.399 e. The van der Waals surface area contributed by atoms with Gasteiger partial charge in [-0.1, -0.05) is 0 Å². The summed E-state index contributed by atoms with van der Waals surface area (Å²) in [6, 6.07) is 7.39. The number of anilines is 2. The molecule has 2 rings (SSSR count). The van der Waals surface area contributed by atoms with E-state index in [9.17, 15) is 4.79 Å². The average molecular weight is 293 g/mol. The van der Waals surface area contributed by atoms with Crippen LogP contribution in [0.15, 0.2) is 24.3 Å². The summed E-state index contributed by atoms with van der Waals surface area (Å²) >= 11 is 0. The summed E-state index contributed by atoms with van der Waals surface area (Å²) in [5.41, 5.74) is 7.25. The number of nitrogen functional groups attached to an aromatic ring is 1. The van der Waals surface area contributed by atoms with Crippen LogP contribution in [0.3, 0.4) is 0 Å². The normalized spacial score (nSPS) is 15.0. The summed E-state index contributed by atoms with van der Waals surface area (Å²) in [5.74, 6) is 0. The lowest BCUT2D eigenvalue weighted by molar-refractivity contribution is 0.0922. The van der Waals surface area contributed by atoms with E-state index >= 15 is 0 Å². The lowest BCUT2D eigenvalue weighted by Crippen LogP contribution is -2.34. The summed E-state index contributed by atoms with van der Waals surface area (Å²) in [6.45, 7) is 3.98.